The lowest BCUT2D eigenvalue weighted by Gasteiger charge is -2.33. The minimum Gasteiger partial charge on any atom is -0.381 e. The van der Waals surface area contributed by atoms with Crippen LogP contribution in [0.5, 0.6) is 0 Å². The fourth-order valence-electron chi connectivity index (χ4n) is 2.61. The van der Waals surface area contributed by atoms with E-state index in [1.165, 1.54) is 6.07 Å². The van der Waals surface area contributed by atoms with E-state index < -0.39 is 0 Å². The van der Waals surface area contributed by atoms with Gasteiger partial charge in [-0.3, -0.25) is 0 Å². The van der Waals surface area contributed by atoms with E-state index in [0.717, 1.165) is 31.6 Å². The first kappa shape index (κ1) is 13.5. The molecular weight excluding hydrogens is 229 g/mol. The second-order valence-electron chi connectivity index (χ2n) is 5.39. The molecule has 1 aliphatic heterocycles. The molecule has 0 bridgehead atoms. The zero-order chi connectivity index (χ0) is 13.0. The Morgan fingerprint density at radius 1 is 1.44 bits per heavy atom. The lowest BCUT2D eigenvalue weighted by Crippen LogP contribution is -2.46. The van der Waals surface area contributed by atoms with Crippen molar-refractivity contribution < 1.29 is 9.13 Å². The molecule has 0 unspecified atom stereocenters. The first-order valence-electron chi connectivity index (χ1n) is 6.73. The quantitative estimate of drug-likeness (QED) is 0.888. The van der Waals surface area contributed by atoms with Gasteiger partial charge in [-0.25, -0.2) is 4.39 Å². The summed E-state index contributed by atoms with van der Waals surface area (Å²) in [4.78, 5) is 0. The predicted molar refractivity (Wildman–Crippen MR) is 71.1 cm³/mol. The number of rotatable bonds is 4. The monoisotopic (exact) mass is 251 g/mol. The van der Waals surface area contributed by atoms with Crippen LogP contribution >= 0.6 is 0 Å². The zero-order valence-corrected chi connectivity index (χ0v) is 11.2. The summed E-state index contributed by atoms with van der Waals surface area (Å²) in [5.74, 6) is 0.278. The van der Waals surface area contributed by atoms with Crippen LogP contribution in [0.1, 0.15) is 25.8 Å². The standard InChI is InChI=1S/C15H22FNO/c1-11(2)17-15-6-7-18-10-13(15)8-12-4-3-5-14(16)9-12/h3-5,9,11,13,15,17H,6-8,10H2,1-2H3/t13-,15-/m0/s1. The summed E-state index contributed by atoms with van der Waals surface area (Å²) in [6.07, 6.45) is 1.92. The van der Waals surface area contributed by atoms with Crippen molar-refractivity contribution in [2.75, 3.05) is 13.2 Å². The minimum atomic E-state index is -0.155. The van der Waals surface area contributed by atoms with Gasteiger partial charge in [-0.05, 0) is 30.5 Å². The van der Waals surface area contributed by atoms with Gasteiger partial charge in [-0.1, -0.05) is 26.0 Å². The molecule has 1 aromatic rings. The van der Waals surface area contributed by atoms with E-state index in [-0.39, 0.29) is 5.82 Å². The van der Waals surface area contributed by atoms with Crippen molar-refractivity contribution in [3.05, 3.63) is 35.6 Å². The summed E-state index contributed by atoms with van der Waals surface area (Å²) in [6.45, 7) is 5.91. The van der Waals surface area contributed by atoms with Crippen LogP contribution in [-0.2, 0) is 11.2 Å². The molecule has 2 atom stereocenters. The van der Waals surface area contributed by atoms with Gasteiger partial charge >= 0.3 is 0 Å². The average molecular weight is 251 g/mol. The van der Waals surface area contributed by atoms with Gasteiger partial charge in [0.15, 0.2) is 0 Å². The molecule has 18 heavy (non-hydrogen) atoms. The van der Waals surface area contributed by atoms with Crippen molar-refractivity contribution in [1.82, 2.24) is 5.32 Å². The molecule has 1 aromatic carbocycles. The van der Waals surface area contributed by atoms with E-state index in [0.29, 0.717) is 18.0 Å². The maximum absolute atomic E-state index is 13.2. The van der Waals surface area contributed by atoms with E-state index in [2.05, 4.69) is 19.2 Å². The van der Waals surface area contributed by atoms with Gasteiger partial charge in [0.25, 0.3) is 0 Å². The van der Waals surface area contributed by atoms with E-state index in [4.69, 9.17) is 4.74 Å². The highest BCUT2D eigenvalue weighted by atomic mass is 19.1. The van der Waals surface area contributed by atoms with Crippen molar-refractivity contribution in [2.45, 2.75) is 38.8 Å². The van der Waals surface area contributed by atoms with E-state index in [9.17, 15) is 4.39 Å². The highest BCUT2D eigenvalue weighted by Gasteiger charge is 2.26. The first-order valence-corrected chi connectivity index (χ1v) is 6.73. The number of hydrogen-bond donors (Lipinski definition) is 1. The number of ether oxygens (including phenoxy) is 1. The largest absolute Gasteiger partial charge is 0.381 e. The number of nitrogens with one attached hydrogen (secondary N) is 1. The van der Waals surface area contributed by atoms with Gasteiger partial charge < -0.3 is 10.1 Å². The molecule has 1 N–H and O–H groups in total. The van der Waals surface area contributed by atoms with Crippen LogP contribution in [0.2, 0.25) is 0 Å². The summed E-state index contributed by atoms with van der Waals surface area (Å²) in [6, 6.07) is 7.83. The van der Waals surface area contributed by atoms with Crippen molar-refractivity contribution in [2.24, 2.45) is 5.92 Å². The lowest BCUT2D eigenvalue weighted by atomic mass is 9.89. The van der Waals surface area contributed by atoms with Crippen LogP contribution in [-0.4, -0.2) is 25.3 Å². The second-order valence-corrected chi connectivity index (χ2v) is 5.39. The van der Waals surface area contributed by atoms with Gasteiger partial charge in [0.2, 0.25) is 0 Å². The van der Waals surface area contributed by atoms with Crippen LogP contribution < -0.4 is 5.32 Å². The maximum atomic E-state index is 13.2. The summed E-state index contributed by atoms with van der Waals surface area (Å²) in [5.41, 5.74) is 1.06. The molecule has 0 amide bonds. The molecule has 0 aromatic heterocycles. The first-order chi connectivity index (χ1) is 8.65. The molecular formula is C15H22FNO. The van der Waals surface area contributed by atoms with Crippen LogP contribution in [0.15, 0.2) is 24.3 Å². The van der Waals surface area contributed by atoms with Crippen LogP contribution in [0.3, 0.4) is 0 Å². The van der Waals surface area contributed by atoms with Crippen LogP contribution in [0.4, 0.5) is 4.39 Å². The highest BCUT2D eigenvalue weighted by Crippen LogP contribution is 2.20. The molecule has 1 saturated heterocycles. The topological polar surface area (TPSA) is 21.3 Å². The van der Waals surface area contributed by atoms with E-state index >= 15 is 0 Å². The summed E-state index contributed by atoms with van der Waals surface area (Å²) in [7, 11) is 0. The molecule has 0 radical (unpaired) electrons. The Kier molecular flexibility index (Phi) is 4.72. The fourth-order valence-corrected chi connectivity index (χ4v) is 2.61. The third-order valence-corrected chi connectivity index (χ3v) is 3.41. The summed E-state index contributed by atoms with van der Waals surface area (Å²) in [5, 5.41) is 3.59. The molecule has 1 aliphatic rings. The highest BCUT2D eigenvalue weighted by molar-refractivity contribution is 5.17. The van der Waals surface area contributed by atoms with Crippen LogP contribution in [0, 0.1) is 11.7 Å². The van der Waals surface area contributed by atoms with Crippen LogP contribution in [0.25, 0.3) is 0 Å². The average Bonchev–Trinajstić information content (AvgIpc) is 2.31. The SMILES string of the molecule is CC(C)N[C@H]1CCOC[C@@H]1Cc1cccc(F)c1. The van der Waals surface area contributed by atoms with E-state index in [1.54, 1.807) is 12.1 Å². The number of halogens is 1. The van der Waals surface area contributed by atoms with Crippen molar-refractivity contribution in [1.29, 1.82) is 0 Å². The molecule has 100 valence electrons. The predicted octanol–water partition coefficient (Wildman–Crippen LogP) is 2.77. The Morgan fingerprint density at radius 2 is 2.28 bits per heavy atom. The smallest absolute Gasteiger partial charge is 0.123 e. The Balaban J connectivity index is 2.00. The Bertz CT molecular complexity index is 381. The molecule has 2 rings (SSSR count). The van der Waals surface area contributed by atoms with Crippen molar-refractivity contribution in [3.8, 4) is 0 Å². The molecule has 0 aliphatic carbocycles. The second kappa shape index (κ2) is 6.30. The molecule has 0 spiro atoms. The fraction of sp³-hybridized carbons (Fsp3) is 0.600. The third-order valence-electron chi connectivity index (χ3n) is 3.41. The number of hydrogen-bond acceptors (Lipinski definition) is 2. The normalized spacial score (nSPS) is 24.4. The van der Waals surface area contributed by atoms with Gasteiger partial charge in [0, 0.05) is 24.6 Å². The zero-order valence-electron chi connectivity index (χ0n) is 11.2. The molecule has 1 heterocycles. The Labute approximate surface area is 109 Å². The molecule has 1 fully saturated rings. The maximum Gasteiger partial charge on any atom is 0.123 e. The van der Waals surface area contributed by atoms with Gasteiger partial charge in [-0.15, -0.1) is 0 Å². The molecule has 2 nitrogen and oxygen atoms in total. The van der Waals surface area contributed by atoms with Gasteiger partial charge in [0.1, 0.15) is 5.82 Å². The number of benzene rings is 1. The van der Waals surface area contributed by atoms with E-state index in [1.807, 2.05) is 6.07 Å². The third kappa shape index (κ3) is 3.79. The van der Waals surface area contributed by atoms with Gasteiger partial charge in [-0.2, -0.15) is 0 Å². The van der Waals surface area contributed by atoms with Crippen molar-refractivity contribution >= 4 is 0 Å². The summed E-state index contributed by atoms with van der Waals surface area (Å²) < 4.78 is 18.7. The molecule has 3 heteroatoms. The minimum absolute atomic E-state index is 0.155. The lowest BCUT2D eigenvalue weighted by molar-refractivity contribution is 0.0300. The Hall–Kier alpha value is -0.930. The summed E-state index contributed by atoms with van der Waals surface area (Å²) >= 11 is 0. The molecule has 0 saturated carbocycles. The Morgan fingerprint density at radius 3 is 3.00 bits per heavy atom. The van der Waals surface area contributed by atoms with Crippen molar-refractivity contribution in [3.63, 3.8) is 0 Å². The van der Waals surface area contributed by atoms with Gasteiger partial charge in [0.05, 0.1) is 6.61 Å².